The number of benzene rings is 2. The zero-order valence-corrected chi connectivity index (χ0v) is 17.1. The summed E-state index contributed by atoms with van der Waals surface area (Å²) in [6.45, 7) is 6.36. The highest BCUT2D eigenvalue weighted by Gasteiger charge is 2.26. The van der Waals surface area contributed by atoms with E-state index in [9.17, 15) is 4.79 Å². The summed E-state index contributed by atoms with van der Waals surface area (Å²) in [5.74, 6) is 1.60. The molecule has 1 fully saturated rings. The fourth-order valence-corrected chi connectivity index (χ4v) is 4.43. The number of aliphatic imine (C=N–C) groups is 1. The molecule has 1 atom stereocenters. The largest absolute Gasteiger partial charge is 0.497 e. The van der Waals surface area contributed by atoms with Gasteiger partial charge < -0.3 is 14.8 Å². The molecule has 0 spiro atoms. The number of nitrogens with one attached hydrogen (secondary N) is 1. The minimum atomic E-state index is -0.331. The van der Waals surface area contributed by atoms with Crippen LogP contribution >= 0.6 is 11.8 Å². The van der Waals surface area contributed by atoms with Crippen molar-refractivity contribution >= 4 is 22.8 Å². The fourth-order valence-electron chi connectivity index (χ4n) is 3.48. The molecule has 6 heteroatoms. The zero-order chi connectivity index (χ0) is 19.6. The van der Waals surface area contributed by atoms with Crippen molar-refractivity contribution in [3.05, 3.63) is 58.1 Å². The molecule has 1 aliphatic heterocycles. The van der Waals surface area contributed by atoms with Gasteiger partial charge in [-0.1, -0.05) is 29.5 Å². The van der Waals surface area contributed by atoms with Crippen molar-refractivity contribution in [1.29, 1.82) is 0 Å². The average Bonchev–Trinajstić information content (AvgIpc) is 3.08. The summed E-state index contributed by atoms with van der Waals surface area (Å²) in [5.41, 5.74) is 5.48. The van der Waals surface area contributed by atoms with E-state index in [0.717, 1.165) is 5.75 Å². The van der Waals surface area contributed by atoms with Gasteiger partial charge in [0.25, 0.3) is 5.91 Å². The number of hydrogen-bond donors (Lipinski definition) is 1. The van der Waals surface area contributed by atoms with E-state index < -0.39 is 0 Å². The fraction of sp³-hybridized carbons (Fsp3) is 0.333. The predicted octanol–water partition coefficient (Wildman–Crippen LogP) is 4.20. The second-order valence-corrected chi connectivity index (χ2v) is 7.62. The first-order valence-electron chi connectivity index (χ1n) is 8.75. The Morgan fingerprint density at radius 3 is 2.44 bits per heavy atom. The number of carbonyl (C=O) groups is 1. The summed E-state index contributed by atoms with van der Waals surface area (Å²) >= 11 is 1.56. The number of rotatable bonds is 4. The van der Waals surface area contributed by atoms with Crippen LogP contribution in [-0.2, 0) is 0 Å². The molecule has 0 radical (unpaired) electrons. The maximum Gasteiger partial charge on any atom is 0.283 e. The minimum Gasteiger partial charge on any atom is -0.497 e. The molecule has 3 rings (SSSR count). The number of nitrogens with zero attached hydrogens (tertiary/aromatic N) is 1. The standard InChI is InChI=1S/C21H24N2O3S/c1-12-8-13(2)19(14(3)9-12)17-11-27-21(22-17)23-20(24)16-7-6-15(25-4)10-18(16)26-5/h6-10,17H,11H2,1-5H3,(H,22,23,24). The van der Waals surface area contributed by atoms with Crippen molar-refractivity contribution in [2.24, 2.45) is 4.99 Å². The number of carbonyl (C=O) groups excluding carboxylic acids is 1. The smallest absolute Gasteiger partial charge is 0.283 e. The molecule has 142 valence electrons. The van der Waals surface area contributed by atoms with E-state index in [1.165, 1.54) is 29.4 Å². The lowest BCUT2D eigenvalue weighted by Crippen LogP contribution is -2.22. The molecule has 5 nitrogen and oxygen atoms in total. The van der Waals surface area contributed by atoms with Crippen LogP contribution in [0, 0.1) is 20.8 Å². The number of aryl methyl sites for hydroxylation is 3. The van der Waals surface area contributed by atoms with E-state index in [4.69, 9.17) is 9.47 Å². The molecule has 2 aromatic rings. The second-order valence-electron chi connectivity index (χ2n) is 6.61. The van der Waals surface area contributed by atoms with Gasteiger partial charge in [0, 0.05) is 11.8 Å². The van der Waals surface area contributed by atoms with Gasteiger partial charge in [0.05, 0.1) is 25.8 Å². The molecule has 2 aromatic carbocycles. The number of methoxy groups -OCH3 is 2. The first-order valence-corrected chi connectivity index (χ1v) is 9.73. The normalized spacial score (nSPS) is 17.7. The van der Waals surface area contributed by atoms with E-state index in [1.807, 2.05) is 0 Å². The van der Waals surface area contributed by atoms with Gasteiger partial charge in [-0.2, -0.15) is 4.99 Å². The number of amides is 1. The van der Waals surface area contributed by atoms with E-state index >= 15 is 0 Å². The topological polar surface area (TPSA) is 59.9 Å². The molecule has 0 bridgehead atoms. The molecule has 27 heavy (non-hydrogen) atoms. The van der Waals surface area contributed by atoms with Crippen LogP contribution in [0.25, 0.3) is 0 Å². The van der Waals surface area contributed by atoms with E-state index in [2.05, 4.69) is 43.2 Å². The SMILES string of the molecule is COc1ccc(C(=O)/N=C2\NC(c3c(C)cc(C)cc3C)CS2)c(OC)c1. The van der Waals surface area contributed by atoms with E-state index in [1.54, 1.807) is 37.1 Å². The molecule has 1 amide bonds. The first kappa shape index (κ1) is 19.3. The monoisotopic (exact) mass is 384 g/mol. The summed E-state index contributed by atoms with van der Waals surface area (Å²) in [5, 5.41) is 4.04. The molecular formula is C21H24N2O3S. The van der Waals surface area contributed by atoms with Crippen molar-refractivity contribution in [2.75, 3.05) is 20.0 Å². The highest BCUT2D eigenvalue weighted by Crippen LogP contribution is 2.32. The van der Waals surface area contributed by atoms with Crippen LogP contribution in [0.4, 0.5) is 0 Å². The molecular weight excluding hydrogens is 360 g/mol. The molecule has 1 unspecified atom stereocenters. The highest BCUT2D eigenvalue weighted by atomic mass is 32.2. The predicted molar refractivity (Wildman–Crippen MR) is 110 cm³/mol. The summed E-state index contributed by atoms with van der Waals surface area (Å²) in [7, 11) is 3.10. The molecule has 0 aromatic heterocycles. The highest BCUT2D eigenvalue weighted by molar-refractivity contribution is 8.14. The quantitative estimate of drug-likeness (QED) is 0.856. The van der Waals surface area contributed by atoms with Crippen LogP contribution in [0.2, 0.25) is 0 Å². The Morgan fingerprint density at radius 1 is 1.11 bits per heavy atom. The molecule has 1 heterocycles. The third-order valence-electron chi connectivity index (χ3n) is 4.61. The third-order valence-corrected chi connectivity index (χ3v) is 5.60. The third kappa shape index (κ3) is 4.11. The summed E-state index contributed by atoms with van der Waals surface area (Å²) in [4.78, 5) is 16.9. The summed E-state index contributed by atoms with van der Waals surface area (Å²) < 4.78 is 10.5. The maximum atomic E-state index is 12.6. The van der Waals surface area contributed by atoms with Gasteiger partial charge in [-0.05, 0) is 49.6 Å². The average molecular weight is 385 g/mol. The van der Waals surface area contributed by atoms with Gasteiger partial charge in [0.15, 0.2) is 5.17 Å². The Morgan fingerprint density at radius 2 is 1.81 bits per heavy atom. The van der Waals surface area contributed by atoms with E-state index in [0.29, 0.717) is 22.2 Å². The lowest BCUT2D eigenvalue weighted by molar-refractivity contribution is 0.1000. The van der Waals surface area contributed by atoms with Crippen LogP contribution in [0.3, 0.4) is 0 Å². The van der Waals surface area contributed by atoms with Gasteiger partial charge in [-0.3, -0.25) is 4.79 Å². The molecule has 1 saturated heterocycles. The maximum absolute atomic E-state index is 12.6. The van der Waals surface area contributed by atoms with Crippen LogP contribution in [0.1, 0.15) is 38.7 Å². The Balaban J connectivity index is 1.81. The Kier molecular flexibility index (Phi) is 5.75. The van der Waals surface area contributed by atoms with Gasteiger partial charge in [0.1, 0.15) is 11.5 Å². The Hall–Kier alpha value is -2.47. The van der Waals surface area contributed by atoms with Crippen LogP contribution in [0.5, 0.6) is 11.5 Å². The second kappa shape index (κ2) is 8.05. The molecule has 0 saturated carbocycles. The van der Waals surface area contributed by atoms with Gasteiger partial charge in [-0.15, -0.1) is 0 Å². The van der Waals surface area contributed by atoms with Crippen molar-refractivity contribution in [2.45, 2.75) is 26.8 Å². The zero-order valence-electron chi connectivity index (χ0n) is 16.3. The summed E-state index contributed by atoms with van der Waals surface area (Å²) in [6, 6.07) is 9.63. The molecule has 0 aliphatic carbocycles. The van der Waals surface area contributed by atoms with Gasteiger partial charge in [-0.25, -0.2) is 0 Å². The van der Waals surface area contributed by atoms with Crippen molar-refractivity contribution in [3.63, 3.8) is 0 Å². The Bertz CT molecular complexity index is 885. The van der Waals surface area contributed by atoms with E-state index in [-0.39, 0.29) is 11.9 Å². The lowest BCUT2D eigenvalue weighted by Gasteiger charge is -2.17. The van der Waals surface area contributed by atoms with Crippen molar-refractivity contribution < 1.29 is 14.3 Å². The molecule has 1 aliphatic rings. The van der Waals surface area contributed by atoms with Crippen LogP contribution in [0.15, 0.2) is 35.3 Å². The van der Waals surface area contributed by atoms with Gasteiger partial charge in [0.2, 0.25) is 0 Å². The van der Waals surface area contributed by atoms with Crippen LogP contribution < -0.4 is 14.8 Å². The lowest BCUT2D eigenvalue weighted by atomic mass is 9.95. The number of ether oxygens (including phenoxy) is 2. The van der Waals surface area contributed by atoms with Gasteiger partial charge >= 0.3 is 0 Å². The first-order chi connectivity index (χ1) is 12.9. The Labute approximate surface area is 164 Å². The number of hydrogen-bond acceptors (Lipinski definition) is 4. The minimum absolute atomic E-state index is 0.153. The number of amidine groups is 1. The summed E-state index contributed by atoms with van der Waals surface area (Å²) in [6.07, 6.45) is 0. The van der Waals surface area contributed by atoms with Crippen LogP contribution in [-0.4, -0.2) is 31.0 Å². The van der Waals surface area contributed by atoms with Crippen molar-refractivity contribution in [3.8, 4) is 11.5 Å². The molecule has 1 N–H and O–H groups in total. The number of thioether (sulfide) groups is 1. The van der Waals surface area contributed by atoms with Crippen molar-refractivity contribution in [1.82, 2.24) is 5.32 Å².